The molecule has 0 radical (unpaired) electrons. The minimum Gasteiger partial charge on any atom is -0.493 e. The Morgan fingerprint density at radius 2 is 1.81 bits per heavy atom. The van der Waals surface area contributed by atoms with Crippen LogP contribution in [0.5, 0.6) is 11.5 Å². The fraction of sp³-hybridized carbons (Fsp3) is 0.292. The Kier molecular flexibility index (Phi) is 6.97. The lowest BCUT2D eigenvalue weighted by molar-refractivity contribution is 0.0694. The number of hydrogen-bond donors (Lipinski definition) is 2. The predicted molar refractivity (Wildman–Crippen MR) is 116 cm³/mol. The van der Waals surface area contributed by atoms with Gasteiger partial charge in [0.05, 0.1) is 19.8 Å². The quantitative estimate of drug-likeness (QED) is 0.534. The number of ether oxygens (including phenoxy) is 2. The monoisotopic (exact) mass is 426 g/mol. The standard InChI is InChI=1S/C24H27FN2O4/c1-15-20(13-26-12-18-8-6-10-21(30-3)23(18)31-4)22(24(28)29)16(2)27(15)14-17-7-5-9-19(25)11-17/h5-11,26H,12-14H2,1-4H3,(H,28,29). The van der Waals surface area contributed by atoms with E-state index in [-0.39, 0.29) is 11.4 Å². The number of rotatable bonds is 9. The van der Waals surface area contributed by atoms with Crippen LogP contribution in [0.15, 0.2) is 42.5 Å². The predicted octanol–water partition coefficient (Wildman–Crippen LogP) is 4.30. The molecular formula is C24H27FN2O4. The number of carbonyl (C=O) groups is 1. The van der Waals surface area contributed by atoms with Crippen molar-refractivity contribution in [3.63, 3.8) is 0 Å². The van der Waals surface area contributed by atoms with Crippen LogP contribution in [-0.2, 0) is 19.6 Å². The zero-order chi connectivity index (χ0) is 22.5. The molecule has 2 aromatic carbocycles. The molecule has 0 aliphatic rings. The fourth-order valence-electron chi connectivity index (χ4n) is 3.92. The Balaban J connectivity index is 1.85. The van der Waals surface area contributed by atoms with Crippen LogP contribution in [0.2, 0.25) is 0 Å². The lowest BCUT2D eigenvalue weighted by atomic mass is 10.1. The van der Waals surface area contributed by atoms with E-state index in [1.165, 1.54) is 12.1 Å². The van der Waals surface area contributed by atoms with Crippen molar-refractivity contribution >= 4 is 5.97 Å². The first kappa shape index (κ1) is 22.4. The summed E-state index contributed by atoms with van der Waals surface area (Å²) in [6.07, 6.45) is 0. The van der Waals surface area contributed by atoms with Crippen LogP contribution in [0, 0.1) is 19.7 Å². The van der Waals surface area contributed by atoms with Crippen LogP contribution in [0.25, 0.3) is 0 Å². The van der Waals surface area contributed by atoms with Crippen molar-refractivity contribution in [2.24, 2.45) is 0 Å². The second-order valence-electron chi connectivity index (χ2n) is 7.30. The van der Waals surface area contributed by atoms with Gasteiger partial charge in [-0.25, -0.2) is 9.18 Å². The van der Waals surface area contributed by atoms with Gasteiger partial charge in [-0.2, -0.15) is 0 Å². The van der Waals surface area contributed by atoms with Crippen LogP contribution < -0.4 is 14.8 Å². The molecule has 7 heteroatoms. The molecule has 0 atom stereocenters. The molecule has 3 aromatic rings. The number of para-hydroxylation sites is 1. The first-order chi connectivity index (χ1) is 14.9. The molecule has 0 saturated carbocycles. The summed E-state index contributed by atoms with van der Waals surface area (Å²) in [5, 5.41) is 13.1. The maximum atomic E-state index is 13.6. The van der Waals surface area contributed by atoms with Crippen molar-refractivity contribution < 1.29 is 23.8 Å². The second-order valence-corrected chi connectivity index (χ2v) is 7.30. The molecule has 0 saturated heterocycles. The summed E-state index contributed by atoms with van der Waals surface area (Å²) in [5.41, 5.74) is 4.16. The van der Waals surface area contributed by atoms with E-state index >= 15 is 0 Å². The summed E-state index contributed by atoms with van der Waals surface area (Å²) in [4.78, 5) is 12.0. The summed E-state index contributed by atoms with van der Waals surface area (Å²) in [6, 6.07) is 12.0. The van der Waals surface area contributed by atoms with Crippen LogP contribution in [0.3, 0.4) is 0 Å². The van der Waals surface area contributed by atoms with Gasteiger partial charge in [0.25, 0.3) is 0 Å². The normalized spacial score (nSPS) is 10.9. The van der Waals surface area contributed by atoms with Crippen molar-refractivity contribution in [2.45, 2.75) is 33.5 Å². The number of nitrogens with zero attached hydrogens (tertiary/aromatic N) is 1. The number of benzene rings is 2. The number of nitrogens with one attached hydrogen (secondary N) is 1. The number of methoxy groups -OCH3 is 2. The summed E-state index contributed by atoms with van der Waals surface area (Å²) in [6.45, 7) is 4.92. The molecule has 0 unspecified atom stereocenters. The highest BCUT2D eigenvalue weighted by Gasteiger charge is 2.22. The number of carboxylic acids is 1. The lowest BCUT2D eigenvalue weighted by Crippen LogP contribution is -2.16. The highest BCUT2D eigenvalue weighted by atomic mass is 19.1. The topological polar surface area (TPSA) is 72.7 Å². The molecule has 3 rings (SSSR count). The van der Waals surface area contributed by atoms with E-state index in [4.69, 9.17) is 9.47 Å². The number of aromatic nitrogens is 1. The maximum absolute atomic E-state index is 13.6. The summed E-state index contributed by atoms with van der Waals surface area (Å²) >= 11 is 0. The number of carboxylic acid groups (broad SMARTS) is 1. The average Bonchev–Trinajstić information content (AvgIpc) is 2.98. The fourth-order valence-corrected chi connectivity index (χ4v) is 3.92. The van der Waals surface area contributed by atoms with Crippen molar-refractivity contribution in [3.05, 3.63) is 81.9 Å². The molecule has 0 bridgehead atoms. The third-order valence-electron chi connectivity index (χ3n) is 5.46. The first-order valence-electron chi connectivity index (χ1n) is 9.94. The van der Waals surface area contributed by atoms with Crippen molar-refractivity contribution in [3.8, 4) is 11.5 Å². The Hall–Kier alpha value is -3.32. The number of hydrogen-bond acceptors (Lipinski definition) is 4. The van der Waals surface area contributed by atoms with Gasteiger partial charge in [-0.1, -0.05) is 24.3 Å². The molecule has 0 aliphatic heterocycles. The van der Waals surface area contributed by atoms with Crippen LogP contribution in [0.1, 0.15) is 38.4 Å². The van der Waals surface area contributed by atoms with Crippen LogP contribution >= 0.6 is 0 Å². The Morgan fingerprint density at radius 1 is 1.06 bits per heavy atom. The van der Waals surface area contributed by atoms with E-state index in [1.54, 1.807) is 27.2 Å². The van der Waals surface area contributed by atoms with E-state index < -0.39 is 5.97 Å². The third kappa shape index (κ3) is 4.72. The third-order valence-corrected chi connectivity index (χ3v) is 5.46. The van der Waals surface area contributed by atoms with E-state index in [9.17, 15) is 14.3 Å². The number of aromatic carboxylic acids is 1. The van der Waals surface area contributed by atoms with Gasteiger partial charge in [0.1, 0.15) is 5.82 Å². The average molecular weight is 426 g/mol. The largest absolute Gasteiger partial charge is 0.493 e. The van der Waals surface area contributed by atoms with Crippen LogP contribution in [-0.4, -0.2) is 29.9 Å². The summed E-state index contributed by atoms with van der Waals surface area (Å²) < 4.78 is 26.3. The molecule has 6 nitrogen and oxygen atoms in total. The van der Waals surface area contributed by atoms with E-state index in [1.807, 2.05) is 35.8 Å². The molecular weight excluding hydrogens is 399 g/mol. The van der Waals surface area contributed by atoms with Crippen molar-refractivity contribution in [1.29, 1.82) is 0 Å². The number of halogens is 1. The van der Waals surface area contributed by atoms with Crippen molar-refractivity contribution in [2.75, 3.05) is 14.2 Å². The minimum absolute atomic E-state index is 0.277. The molecule has 31 heavy (non-hydrogen) atoms. The minimum atomic E-state index is -0.977. The van der Waals surface area contributed by atoms with Crippen LogP contribution in [0.4, 0.5) is 4.39 Å². The van der Waals surface area contributed by atoms with Gasteiger partial charge in [0, 0.05) is 42.1 Å². The van der Waals surface area contributed by atoms with E-state index in [0.29, 0.717) is 42.4 Å². The molecule has 1 heterocycles. The Labute approximate surface area is 181 Å². The zero-order valence-electron chi connectivity index (χ0n) is 18.2. The molecule has 164 valence electrons. The molecule has 0 spiro atoms. The van der Waals surface area contributed by atoms with Crippen molar-refractivity contribution in [1.82, 2.24) is 9.88 Å². The second kappa shape index (κ2) is 9.66. The molecule has 1 aromatic heterocycles. The molecule has 2 N–H and O–H groups in total. The molecule has 0 amide bonds. The van der Waals surface area contributed by atoms with Gasteiger partial charge in [0.15, 0.2) is 11.5 Å². The van der Waals surface area contributed by atoms with Gasteiger partial charge >= 0.3 is 5.97 Å². The molecule has 0 fully saturated rings. The van der Waals surface area contributed by atoms with Gasteiger partial charge < -0.3 is 24.5 Å². The maximum Gasteiger partial charge on any atom is 0.337 e. The van der Waals surface area contributed by atoms with E-state index in [2.05, 4.69) is 5.32 Å². The van der Waals surface area contributed by atoms with Gasteiger partial charge in [-0.15, -0.1) is 0 Å². The highest BCUT2D eigenvalue weighted by molar-refractivity contribution is 5.91. The smallest absolute Gasteiger partial charge is 0.337 e. The summed E-state index contributed by atoms with van der Waals surface area (Å²) in [5.74, 6) is -0.00395. The van der Waals surface area contributed by atoms with Gasteiger partial charge in [-0.3, -0.25) is 0 Å². The van der Waals surface area contributed by atoms with Gasteiger partial charge in [-0.05, 0) is 37.6 Å². The molecule has 0 aliphatic carbocycles. The Morgan fingerprint density at radius 3 is 2.45 bits per heavy atom. The lowest BCUT2D eigenvalue weighted by Gasteiger charge is -2.13. The van der Waals surface area contributed by atoms with E-state index in [0.717, 1.165) is 16.8 Å². The SMILES string of the molecule is COc1cccc(CNCc2c(C(=O)O)c(C)n(Cc3cccc(F)c3)c2C)c1OC. The summed E-state index contributed by atoms with van der Waals surface area (Å²) in [7, 11) is 3.17. The Bertz CT molecular complexity index is 1090. The van der Waals surface area contributed by atoms with Gasteiger partial charge in [0.2, 0.25) is 0 Å². The highest BCUT2D eigenvalue weighted by Crippen LogP contribution is 2.31. The first-order valence-corrected chi connectivity index (χ1v) is 9.94. The zero-order valence-corrected chi connectivity index (χ0v) is 18.2.